The number of rotatable bonds is 4. The van der Waals surface area contributed by atoms with E-state index in [9.17, 15) is 23.3 Å². The Labute approximate surface area is 138 Å². The van der Waals surface area contributed by atoms with Crippen LogP contribution in [-0.4, -0.2) is 4.92 Å². The molecule has 0 saturated heterocycles. The second-order valence-corrected chi connectivity index (χ2v) is 5.10. The van der Waals surface area contributed by atoms with Crippen molar-refractivity contribution >= 4 is 28.9 Å². The average Bonchev–Trinajstić information content (AvgIpc) is 2.47. The van der Waals surface area contributed by atoms with Gasteiger partial charge in [-0.3, -0.25) is 10.1 Å². The molecule has 23 heavy (non-hydrogen) atoms. The van der Waals surface area contributed by atoms with Gasteiger partial charge in [0.05, 0.1) is 21.4 Å². The van der Waals surface area contributed by atoms with Gasteiger partial charge < -0.3 is 4.74 Å². The number of alkyl halides is 4. The van der Waals surface area contributed by atoms with E-state index in [0.29, 0.717) is 0 Å². The van der Waals surface area contributed by atoms with Crippen molar-refractivity contribution in [2.45, 2.75) is 12.1 Å². The molecule has 0 aliphatic carbocycles. The first-order chi connectivity index (χ1) is 10.7. The predicted octanol–water partition coefficient (Wildman–Crippen LogP) is 5.80. The maximum Gasteiger partial charge on any atom is 0.416 e. The van der Waals surface area contributed by atoms with E-state index in [0.717, 1.165) is 18.2 Å². The molecule has 0 heterocycles. The Morgan fingerprint density at radius 1 is 1.17 bits per heavy atom. The van der Waals surface area contributed by atoms with Crippen molar-refractivity contribution in [3.8, 4) is 11.5 Å². The van der Waals surface area contributed by atoms with Crippen LogP contribution in [-0.2, 0) is 12.1 Å². The summed E-state index contributed by atoms with van der Waals surface area (Å²) < 4.78 is 43.1. The van der Waals surface area contributed by atoms with Crippen molar-refractivity contribution in [3.63, 3.8) is 0 Å². The van der Waals surface area contributed by atoms with Gasteiger partial charge in [0.1, 0.15) is 11.5 Å². The van der Waals surface area contributed by atoms with Crippen LogP contribution in [0.1, 0.15) is 11.1 Å². The van der Waals surface area contributed by atoms with Gasteiger partial charge in [-0.1, -0.05) is 11.6 Å². The molecule has 2 rings (SSSR count). The van der Waals surface area contributed by atoms with Crippen molar-refractivity contribution in [1.29, 1.82) is 0 Å². The SMILES string of the molecule is O=[N+]([O-])c1ccc(Oc2ccc(C(F)(F)F)cc2Cl)cc1CCl. The molecule has 2 aromatic carbocycles. The summed E-state index contributed by atoms with van der Waals surface area (Å²) in [7, 11) is 0. The van der Waals surface area contributed by atoms with Crippen LogP contribution in [0, 0.1) is 10.1 Å². The standard InChI is InChI=1S/C14H8Cl2F3NO3/c15-7-8-5-10(2-3-12(8)20(21)22)23-13-4-1-9(6-11(13)16)14(17,18)19/h1-6H,7H2. The summed E-state index contributed by atoms with van der Waals surface area (Å²) in [5.74, 6) is 0.0517. The lowest BCUT2D eigenvalue weighted by molar-refractivity contribution is -0.385. The van der Waals surface area contributed by atoms with Crippen LogP contribution in [0.25, 0.3) is 0 Å². The second kappa shape index (κ2) is 6.64. The monoisotopic (exact) mass is 365 g/mol. The summed E-state index contributed by atoms with van der Waals surface area (Å²) in [5.41, 5.74) is -0.858. The smallest absolute Gasteiger partial charge is 0.416 e. The van der Waals surface area contributed by atoms with Crippen molar-refractivity contribution in [1.82, 2.24) is 0 Å². The van der Waals surface area contributed by atoms with Crippen molar-refractivity contribution < 1.29 is 22.8 Å². The Balaban J connectivity index is 2.31. The molecule has 0 amide bonds. The molecule has 122 valence electrons. The van der Waals surface area contributed by atoms with E-state index in [-0.39, 0.29) is 33.7 Å². The fourth-order valence-corrected chi connectivity index (χ4v) is 2.23. The van der Waals surface area contributed by atoms with Crippen molar-refractivity contribution in [2.24, 2.45) is 0 Å². The van der Waals surface area contributed by atoms with Gasteiger partial charge in [0.25, 0.3) is 5.69 Å². The van der Waals surface area contributed by atoms with Crippen molar-refractivity contribution in [2.75, 3.05) is 0 Å². The number of hydrogen-bond acceptors (Lipinski definition) is 3. The summed E-state index contributed by atoms with van der Waals surface area (Å²) >= 11 is 11.4. The van der Waals surface area contributed by atoms with Crippen LogP contribution >= 0.6 is 23.2 Å². The van der Waals surface area contributed by atoms with Gasteiger partial charge in [0.15, 0.2) is 0 Å². The molecule has 0 fully saturated rings. The summed E-state index contributed by atoms with van der Waals surface area (Å²) in [6, 6.07) is 6.49. The Bertz CT molecular complexity index is 751. The van der Waals surface area contributed by atoms with Crippen LogP contribution in [0.3, 0.4) is 0 Å². The number of ether oxygens (including phenoxy) is 1. The van der Waals surface area contributed by atoms with E-state index < -0.39 is 16.7 Å². The predicted molar refractivity (Wildman–Crippen MR) is 79.2 cm³/mol. The first kappa shape index (κ1) is 17.4. The summed E-state index contributed by atoms with van der Waals surface area (Å²) in [4.78, 5) is 10.2. The normalized spacial score (nSPS) is 11.3. The molecule has 0 aliphatic heterocycles. The number of benzene rings is 2. The number of nitrogens with zero attached hydrogens (tertiary/aromatic N) is 1. The molecule has 0 aromatic heterocycles. The minimum atomic E-state index is -4.51. The zero-order chi connectivity index (χ0) is 17.2. The van der Waals surface area contributed by atoms with Crippen LogP contribution in [0.15, 0.2) is 36.4 Å². The Morgan fingerprint density at radius 2 is 1.87 bits per heavy atom. The molecule has 0 N–H and O–H groups in total. The second-order valence-electron chi connectivity index (χ2n) is 4.43. The minimum Gasteiger partial charge on any atom is -0.456 e. The highest BCUT2D eigenvalue weighted by atomic mass is 35.5. The van der Waals surface area contributed by atoms with Gasteiger partial charge in [-0.2, -0.15) is 13.2 Å². The number of halogens is 5. The number of nitro benzene ring substituents is 1. The van der Waals surface area contributed by atoms with E-state index in [2.05, 4.69) is 0 Å². The molecule has 4 nitrogen and oxygen atoms in total. The summed E-state index contributed by atoms with van der Waals surface area (Å²) in [6.45, 7) is 0. The van der Waals surface area contributed by atoms with Gasteiger partial charge in [-0.05, 0) is 30.3 Å². The molecular formula is C14H8Cl2F3NO3. The number of hydrogen-bond donors (Lipinski definition) is 0. The zero-order valence-electron chi connectivity index (χ0n) is 11.2. The quantitative estimate of drug-likeness (QED) is 0.391. The van der Waals surface area contributed by atoms with Gasteiger partial charge in [-0.15, -0.1) is 11.6 Å². The third-order valence-corrected chi connectivity index (χ3v) is 3.46. The number of nitro groups is 1. The van der Waals surface area contributed by atoms with E-state index >= 15 is 0 Å². The van der Waals surface area contributed by atoms with Crippen LogP contribution < -0.4 is 4.74 Å². The Hall–Kier alpha value is -1.99. The molecule has 9 heteroatoms. The Kier molecular flexibility index (Phi) is 5.01. The lowest BCUT2D eigenvalue weighted by atomic mass is 10.2. The zero-order valence-corrected chi connectivity index (χ0v) is 12.7. The summed E-state index contributed by atoms with van der Waals surface area (Å²) in [5, 5.41) is 10.6. The molecule has 0 aliphatic rings. The first-order valence-electron chi connectivity index (χ1n) is 6.10. The van der Waals surface area contributed by atoms with Crippen LogP contribution in [0.5, 0.6) is 11.5 Å². The largest absolute Gasteiger partial charge is 0.456 e. The molecule has 0 spiro atoms. The topological polar surface area (TPSA) is 52.4 Å². The Morgan fingerprint density at radius 3 is 2.39 bits per heavy atom. The van der Waals surface area contributed by atoms with Crippen LogP contribution in [0.2, 0.25) is 5.02 Å². The molecule has 0 radical (unpaired) electrons. The van der Waals surface area contributed by atoms with E-state index in [1.54, 1.807) is 0 Å². The lowest BCUT2D eigenvalue weighted by Gasteiger charge is -2.11. The van der Waals surface area contributed by atoms with Gasteiger partial charge in [0.2, 0.25) is 0 Å². The van der Waals surface area contributed by atoms with E-state index in [1.807, 2.05) is 0 Å². The van der Waals surface area contributed by atoms with Crippen molar-refractivity contribution in [3.05, 3.63) is 62.7 Å². The molecule has 0 unspecified atom stereocenters. The molecule has 0 saturated carbocycles. The van der Waals surface area contributed by atoms with E-state index in [1.165, 1.54) is 18.2 Å². The fourth-order valence-electron chi connectivity index (χ4n) is 1.80. The van der Waals surface area contributed by atoms with Gasteiger partial charge >= 0.3 is 6.18 Å². The maximum absolute atomic E-state index is 12.6. The third kappa shape index (κ3) is 4.05. The minimum absolute atomic E-state index is 0.00552. The average molecular weight is 366 g/mol. The molecule has 0 atom stereocenters. The highest BCUT2D eigenvalue weighted by Crippen LogP contribution is 2.37. The lowest BCUT2D eigenvalue weighted by Crippen LogP contribution is -2.04. The molecule has 0 bridgehead atoms. The third-order valence-electron chi connectivity index (χ3n) is 2.88. The summed E-state index contributed by atoms with van der Waals surface area (Å²) in [6.07, 6.45) is -4.51. The first-order valence-corrected chi connectivity index (χ1v) is 7.01. The van der Waals surface area contributed by atoms with E-state index in [4.69, 9.17) is 27.9 Å². The highest BCUT2D eigenvalue weighted by molar-refractivity contribution is 6.32. The fraction of sp³-hybridized carbons (Fsp3) is 0.143. The molecule has 2 aromatic rings. The van der Waals surface area contributed by atoms with Gasteiger partial charge in [0, 0.05) is 11.6 Å². The van der Waals surface area contributed by atoms with Gasteiger partial charge in [-0.25, -0.2) is 0 Å². The maximum atomic E-state index is 12.6. The molecular weight excluding hydrogens is 358 g/mol. The highest BCUT2D eigenvalue weighted by Gasteiger charge is 2.31. The van der Waals surface area contributed by atoms with Crippen LogP contribution in [0.4, 0.5) is 18.9 Å².